The van der Waals surface area contributed by atoms with Crippen molar-refractivity contribution >= 4 is 40.2 Å². The number of benzene rings is 2. The van der Waals surface area contributed by atoms with Gasteiger partial charge in [-0.3, -0.25) is 0 Å². The van der Waals surface area contributed by atoms with Crippen LogP contribution in [0.2, 0.25) is 0 Å². The van der Waals surface area contributed by atoms with Crippen molar-refractivity contribution in [3.8, 4) is 0 Å². The summed E-state index contributed by atoms with van der Waals surface area (Å²) in [5, 5.41) is 9.54. The summed E-state index contributed by atoms with van der Waals surface area (Å²) >= 11 is 8.29. The molecule has 7 heteroatoms. The van der Waals surface area contributed by atoms with Crippen molar-refractivity contribution in [1.82, 2.24) is 19.7 Å². The Morgan fingerprint density at radius 3 is 2.50 bits per heavy atom. The predicted octanol–water partition coefficient (Wildman–Crippen LogP) is 5.57. The Balaban J connectivity index is 1.57. The zero-order chi connectivity index (χ0) is 20.8. The Labute approximate surface area is 185 Å². The maximum absolute atomic E-state index is 6.67. The van der Waals surface area contributed by atoms with E-state index in [0.29, 0.717) is 6.54 Å². The molecule has 30 heavy (non-hydrogen) atoms. The smallest absolute Gasteiger partial charge is 0.191 e. The molecule has 0 amide bonds. The number of anilines is 1. The van der Waals surface area contributed by atoms with Gasteiger partial charge in [-0.2, -0.15) is 5.10 Å². The zero-order valence-corrected chi connectivity index (χ0v) is 18.4. The third-order valence-electron chi connectivity index (χ3n) is 4.79. The van der Waals surface area contributed by atoms with Crippen LogP contribution in [0, 0.1) is 0 Å². The van der Waals surface area contributed by atoms with E-state index in [9.17, 15) is 0 Å². The Kier molecular flexibility index (Phi) is 6.87. The third kappa shape index (κ3) is 4.94. The van der Waals surface area contributed by atoms with Crippen LogP contribution in [0.3, 0.4) is 0 Å². The lowest BCUT2D eigenvalue weighted by atomic mass is 10.1. The van der Waals surface area contributed by atoms with E-state index < -0.39 is 0 Å². The molecule has 2 heterocycles. The Morgan fingerprint density at radius 2 is 1.77 bits per heavy atom. The molecule has 4 rings (SSSR count). The van der Waals surface area contributed by atoms with Gasteiger partial charge in [0.15, 0.2) is 10.8 Å². The van der Waals surface area contributed by atoms with Gasteiger partial charge in [-0.15, -0.1) is 11.6 Å². The van der Waals surface area contributed by atoms with Gasteiger partial charge in [-0.25, -0.2) is 14.6 Å². The van der Waals surface area contributed by atoms with Gasteiger partial charge < -0.3 is 5.32 Å². The summed E-state index contributed by atoms with van der Waals surface area (Å²) in [5.41, 5.74) is 3.17. The molecule has 0 bridgehead atoms. The molecule has 0 saturated carbocycles. The summed E-state index contributed by atoms with van der Waals surface area (Å²) in [7, 11) is 0. The first-order chi connectivity index (χ1) is 14.7. The molecule has 5 nitrogen and oxygen atoms in total. The van der Waals surface area contributed by atoms with Crippen LogP contribution >= 0.6 is 23.4 Å². The van der Waals surface area contributed by atoms with Crippen LogP contribution in [0.4, 0.5) is 5.82 Å². The number of rotatable bonds is 9. The van der Waals surface area contributed by atoms with E-state index in [0.717, 1.165) is 46.3 Å². The summed E-state index contributed by atoms with van der Waals surface area (Å²) < 4.78 is 1.88. The first-order valence-electron chi connectivity index (χ1n) is 10.1. The summed E-state index contributed by atoms with van der Waals surface area (Å²) in [6.07, 6.45) is 2.75. The molecule has 0 aliphatic carbocycles. The SMILES string of the molecule is CCSc1nc(NCCc2ccccc2)c2cnn(CC(Cl)c3ccccc3)c2n1. The number of hydrogen-bond acceptors (Lipinski definition) is 5. The first-order valence-corrected chi connectivity index (χ1v) is 11.5. The lowest BCUT2D eigenvalue weighted by Crippen LogP contribution is -2.10. The molecule has 2 aromatic carbocycles. The minimum Gasteiger partial charge on any atom is -0.369 e. The Hall–Kier alpha value is -2.57. The van der Waals surface area contributed by atoms with Gasteiger partial charge >= 0.3 is 0 Å². The van der Waals surface area contributed by atoms with Gasteiger partial charge in [-0.1, -0.05) is 79.3 Å². The van der Waals surface area contributed by atoms with Gasteiger partial charge in [0.1, 0.15) is 5.82 Å². The van der Waals surface area contributed by atoms with Gasteiger partial charge in [0.2, 0.25) is 0 Å². The van der Waals surface area contributed by atoms with Crippen LogP contribution in [0.15, 0.2) is 72.0 Å². The Bertz CT molecular complexity index is 1080. The second kappa shape index (κ2) is 9.96. The van der Waals surface area contributed by atoms with E-state index in [1.165, 1.54) is 5.56 Å². The van der Waals surface area contributed by atoms with E-state index in [1.54, 1.807) is 11.8 Å². The van der Waals surface area contributed by atoms with Crippen molar-refractivity contribution in [2.45, 2.75) is 30.4 Å². The maximum Gasteiger partial charge on any atom is 0.191 e. The third-order valence-corrected chi connectivity index (χ3v) is 5.91. The monoisotopic (exact) mass is 437 g/mol. The molecule has 1 atom stereocenters. The molecule has 0 saturated heterocycles. The number of aromatic nitrogens is 4. The second-order valence-corrected chi connectivity index (χ2v) is 8.65. The van der Waals surface area contributed by atoms with Crippen LogP contribution in [0.1, 0.15) is 23.4 Å². The van der Waals surface area contributed by atoms with E-state index in [1.807, 2.05) is 47.3 Å². The van der Waals surface area contributed by atoms with Gasteiger partial charge in [0.05, 0.1) is 23.5 Å². The number of thioether (sulfide) groups is 1. The Morgan fingerprint density at radius 1 is 1.03 bits per heavy atom. The van der Waals surface area contributed by atoms with Crippen LogP contribution in [-0.4, -0.2) is 32.0 Å². The highest BCUT2D eigenvalue weighted by Gasteiger charge is 2.16. The molecule has 0 aliphatic heterocycles. The molecule has 1 N–H and O–H groups in total. The molecular formula is C23H24ClN5S. The first kappa shape index (κ1) is 20.7. The van der Waals surface area contributed by atoms with Gasteiger partial charge in [0, 0.05) is 6.54 Å². The quantitative estimate of drug-likeness (QED) is 0.210. The minimum absolute atomic E-state index is 0.180. The van der Waals surface area contributed by atoms with E-state index >= 15 is 0 Å². The molecule has 1 unspecified atom stereocenters. The van der Waals surface area contributed by atoms with Crippen LogP contribution in [0.5, 0.6) is 0 Å². The molecule has 154 valence electrons. The molecule has 4 aromatic rings. The number of alkyl halides is 1. The van der Waals surface area contributed by atoms with Crippen LogP contribution < -0.4 is 5.32 Å². The molecular weight excluding hydrogens is 414 g/mol. The average molecular weight is 438 g/mol. The highest BCUT2D eigenvalue weighted by Crippen LogP contribution is 2.27. The maximum atomic E-state index is 6.67. The van der Waals surface area contributed by atoms with Crippen molar-refractivity contribution in [3.05, 3.63) is 78.0 Å². The van der Waals surface area contributed by atoms with Crippen molar-refractivity contribution in [2.24, 2.45) is 0 Å². The van der Waals surface area contributed by atoms with E-state index in [4.69, 9.17) is 21.6 Å². The lowest BCUT2D eigenvalue weighted by molar-refractivity contribution is 0.613. The van der Waals surface area contributed by atoms with Crippen molar-refractivity contribution in [2.75, 3.05) is 17.6 Å². The van der Waals surface area contributed by atoms with E-state index in [2.05, 4.69) is 41.6 Å². The summed E-state index contributed by atoms with van der Waals surface area (Å²) in [4.78, 5) is 9.48. The lowest BCUT2D eigenvalue weighted by Gasteiger charge is -2.12. The minimum atomic E-state index is -0.180. The summed E-state index contributed by atoms with van der Waals surface area (Å²) in [6.45, 7) is 3.44. The van der Waals surface area contributed by atoms with Gasteiger partial charge in [-0.05, 0) is 23.3 Å². The molecule has 0 aliphatic rings. The standard InChI is InChI=1S/C23H24ClN5S/c1-2-30-23-27-21(25-14-13-17-9-5-3-6-10-17)19-15-26-29(22(19)28-23)16-20(24)18-11-7-4-8-12-18/h3-12,15,20H,2,13-14,16H2,1H3,(H,25,27,28). The molecule has 0 fully saturated rings. The summed E-state index contributed by atoms with van der Waals surface area (Å²) in [5.74, 6) is 1.73. The number of nitrogens with zero attached hydrogens (tertiary/aromatic N) is 4. The van der Waals surface area contributed by atoms with Gasteiger partial charge in [0.25, 0.3) is 0 Å². The fraction of sp³-hybridized carbons (Fsp3) is 0.261. The van der Waals surface area contributed by atoms with Crippen molar-refractivity contribution in [1.29, 1.82) is 0 Å². The topological polar surface area (TPSA) is 55.6 Å². The number of hydrogen-bond donors (Lipinski definition) is 1. The number of halogens is 1. The van der Waals surface area contributed by atoms with Crippen molar-refractivity contribution in [3.63, 3.8) is 0 Å². The van der Waals surface area contributed by atoms with Crippen molar-refractivity contribution < 1.29 is 0 Å². The molecule has 2 aromatic heterocycles. The predicted molar refractivity (Wildman–Crippen MR) is 125 cm³/mol. The highest BCUT2D eigenvalue weighted by atomic mass is 35.5. The molecule has 0 spiro atoms. The largest absolute Gasteiger partial charge is 0.369 e. The fourth-order valence-corrected chi connectivity index (χ4v) is 4.13. The highest BCUT2D eigenvalue weighted by molar-refractivity contribution is 7.99. The second-order valence-electron chi connectivity index (χ2n) is 6.89. The normalized spacial score (nSPS) is 12.2. The zero-order valence-electron chi connectivity index (χ0n) is 16.8. The van der Waals surface area contributed by atoms with Crippen LogP contribution in [-0.2, 0) is 13.0 Å². The number of fused-ring (bicyclic) bond motifs is 1. The van der Waals surface area contributed by atoms with E-state index in [-0.39, 0.29) is 5.38 Å². The summed E-state index contributed by atoms with van der Waals surface area (Å²) in [6, 6.07) is 20.5. The number of nitrogens with one attached hydrogen (secondary N) is 1. The molecule has 0 radical (unpaired) electrons. The average Bonchev–Trinajstić information content (AvgIpc) is 3.18. The fourth-order valence-electron chi connectivity index (χ4n) is 3.29. The van der Waals surface area contributed by atoms with Crippen LogP contribution in [0.25, 0.3) is 11.0 Å².